The fraction of sp³-hybridized carbons (Fsp3) is 0.800. The van der Waals surface area contributed by atoms with E-state index in [2.05, 4.69) is 5.32 Å². The molecule has 3 N–H and O–H groups in total. The first-order valence-corrected chi connectivity index (χ1v) is 5.60. The standard InChI is InChI=1S/C10H15F3N2O3/c11-10(12,13)5-15-9(18)8(17)14-4-3-7(16)6-1-2-6/h6-7,16H,1-5H2,(H,14,17)(H,15,18)/t7-/m1/s1. The lowest BCUT2D eigenvalue weighted by Crippen LogP contribution is -2.44. The third-order valence-corrected chi connectivity index (χ3v) is 2.55. The maximum absolute atomic E-state index is 11.8. The predicted molar refractivity (Wildman–Crippen MR) is 55.4 cm³/mol. The summed E-state index contributed by atoms with van der Waals surface area (Å²) in [5.74, 6) is -2.20. The second-order valence-electron chi connectivity index (χ2n) is 4.25. The zero-order chi connectivity index (χ0) is 13.8. The van der Waals surface area contributed by atoms with Crippen molar-refractivity contribution in [2.75, 3.05) is 13.1 Å². The molecule has 1 aliphatic carbocycles. The molecule has 0 aliphatic heterocycles. The van der Waals surface area contributed by atoms with Crippen LogP contribution >= 0.6 is 0 Å². The summed E-state index contributed by atoms with van der Waals surface area (Å²) in [6.45, 7) is -1.47. The number of halogens is 3. The first kappa shape index (κ1) is 14.7. The maximum atomic E-state index is 11.8. The molecule has 0 saturated heterocycles. The zero-order valence-electron chi connectivity index (χ0n) is 9.59. The van der Waals surface area contributed by atoms with Crippen LogP contribution in [0.2, 0.25) is 0 Å². The number of hydrogen-bond donors (Lipinski definition) is 3. The molecule has 8 heteroatoms. The van der Waals surface area contributed by atoms with Gasteiger partial charge in [0.15, 0.2) is 0 Å². The number of amides is 2. The lowest BCUT2D eigenvalue weighted by Gasteiger charge is -2.10. The Morgan fingerprint density at radius 2 is 1.78 bits per heavy atom. The average molecular weight is 268 g/mol. The molecule has 104 valence electrons. The lowest BCUT2D eigenvalue weighted by atomic mass is 10.2. The van der Waals surface area contributed by atoms with Crippen LogP contribution in [0, 0.1) is 5.92 Å². The number of nitrogens with one attached hydrogen (secondary N) is 2. The first-order valence-electron chi connectivity index (χ1n) is 5.60. The summed E-state index contributed by atoms with van der Waals surface area (Å²) in [5.41, 5.74) is 0. The van der Waals surface area contributed by atoms with Crippen LogP contribution < -0.4 is 10.6 Å². The van der Waals surface area contributed by atoms with Gasteiger partial charge in [-0.25, -0.2) is 0 Å². The lowest BCUT2D eigenvalue weighted by molar-refractivity contribution is -0.146. The summed E-state index contributed by atoms with van der Waals surface area (Å²) in [6, 6.07) is 0. The van der Waals surface area contributed by atoms with Gasteiger partial charge in [0.25, 0.3) is 0 Å². The third kappa shape index (κ3) is 5.85. The second kappa shape index (κ2) is 6.03. The van der Waals surface area contributed by atoms with E-state index in [1.54, 1.807) is 0 Å². The average Bonchev–Trinajstić information content (AvgIpc) is 3.08. The van der Waals surface area contributed by atoms with E-state index >= 15 is 0 Å². The Balaban J connectivity index is 2.13. The Bertz CT molecular complexity index is 316. The molecular formula is C10H15F3N2O3. The van der Waals surface area contributed by atoms with Crippen LogP contribution in [0.5, 0.6) is 0 Å². The molecule has 1 fully saturated rings. The van der Waals surface area contributed by atoms with Crippen LogP contribution in [-0.2, 0) is 9.59 Å². The Kier molecular flexibility index (Phi) is 4.94. The topological polar surface area (TPSA) is 78.4 Å². The molecule has 0 aromatic heterocycles. The van der Waals surface area contributed by atoms with Crippen LogP contribution in [0.1, 0.15) is 19.3 Å². The largest absolute Gasteiger partial charge is 0.405 e. The van der Waals surface area contributed by atoms with E-state index in [4.69, 9.17) is 0 Å². The summed E-state index contributed by atoms with van der Waals surface area (Å²) in [7, 11) is 0. The molecule has 1 saturated carbocycles. The number of aliphatic hydroxyl groups is 1. The molecule has 1 rings (SSSR count). The molecule has 0 spiro atoms. The van der Waals surface area contributed by atoms with Crippen molar-refractivity contribution in [2.45, 2.75) is 31.5 Å². The van der Waals surface area contributed by atoms with E-state index in [1.165, 1.54) is 5.32 Å². The van der Waals surface area contributed by atoms with Crippen LogP contribution in [0.15, 0.2) is 0 Å². The minimum absolute atomic E-state index is 0.0654. The molecular weight excluding hydrogens is 253 g/mol. The molecule has 0 radical (unpaired) electrons. The molecule has 0 aromatic rings. The van der Waals surface area contributed by atoms with Crippen molar-refractivity contribution < 1.29 is 27.9 Å². The van der Waals surface area contributed by atoms with Crippen molar-refractivity contribution in [3.8, 4) is 0 Å². The number of alkyl halides is 3. The van der Waals surface area contributed by atoms with E-state index in [-0.39, 0.29) is 12.5 Å². The summed E-state index contributed by atoms with van der Waals surface area (Å²) in [5, 5.41) is 13.1. The fourth-order valence-corrected chi connectivity index (χ4v) is 1.39. The van der Waals surface area contributed by atoms with Crippen molar-refractivity contribution in [1.82, 2.24) is 10.6 Å². The summed E-state index contributed by atoms with van der Waals surface area (Å²) in [6.07, 6.45) is -2.88. The minimum Gasteiger partial charge on any atom is -0.393 e. The van der Waals surface area contributed by atoms with E-state index in [9.17, 15) is 27.9 Å². The van der Waals surface area contributed by atoms with Crippen LogP contribution in [-0.4, -0.2) is 42.3 Å². The van der Waals surface area contributed by atoms with Gasteiger partial charge in [-0.15, -0.1) is 0 Å². The van der Waals surface area contributed by atoms with E-state index in [0.29, 0.717) is 6.42 Å². The van der Waals surface area contributed by atoms with Crippen molar-refractivity contribution in [3.63, 3.8) is 0 Å². The van der Waals surface area contributed by atoms with Gasteiger partial charge in [0.1, 0.15) is 6.54 Å². The second-order valence-corrected chi connectivity index (χ2v) is 4.25. The Morgan fingerprint density at radius 3 is 2.28 bits per heavy atom. The molecule has 0 aromatic carbocycles. The quantitative estimate of drug-likeness (QED) is 0.611. The zero-order valence-corrected chi connectivity index (χ0v) is 9.59. The molecule has 0 unspecified atom stereocenters. The van der Waals surface area contributed by atoms with Crippen molar-refractivity contribution in [1.29, 1.82) is 0 Å². The van der Waals surface area contributed by atoms with Gasteiger partial charge in [-0.3, -0.25) is 9.59 Å². The van der Waals surface area contributed by atoms with Crippen LogP contribution in [0.25, 0.3) is 0 Å². The number of carbonyl (C=O) groups is 2. The van der Waals surface area contributed by atoms with Gasteiger partial charge < -0.3 is 15.7 Å². The highest BCUT2D eigenvalue weighted by Crippen LogP contribution is 2.33. The van der Waals surface area contributed by atoms with Crippen molar-refractivity contribution in [3.05, 3.63) is 0 Å². The molecule has 0 heterocycles. The van der Waals surface area contributed by atoms with Gasteiger partial charge in [0.2, 0.25) is 0 Å². The number of rotatable bonds is 5. The normalized spacial score (nSPS) is 17.1. The summed E-state index contributed by atoms with van der Waals surface area (Å²) >= 11 is 0. The first-order chi connectivity index (χ1) is 8.29. The Hall–Kier alpha value is -1.31. The molecule has 5 nitrogen and oxygen atoms in total. The van der Waals surface area contributed by atoms with Gasteiger partial charge in [0.05, 0.1) is 6.10 Å². The van der Waals surface area contributed by atoms with Gasteiger partial charge in [-0.2, -0.15) is 13.2 Å². The van der Waals surface area contributed by atoms with Crippen molar-refractivity contribution >= 4 is 11.8 Å². The fourth-order valence-electron chi connectivity index (χ4n) is 1.39. The highest BCUT2D eigenvalue weighted by atomic mass is 19.4. The smallest absolute Gasteiger partial charge is 0.393 e. The predicted octanol–water partition coefficient (Wildman–Crippen LogP) is -0.0579. The molecule has 0 bridgehead atoms. The Labute approximate surface area is 102 Å². The highest BCUT2D eigenvalue weighted by molar-refractivity contribution is 6.35. The maximum Gasteiger partial charge on any atom is 0.405 e. The highest BCUT2D eigenvalue weighted by Gasteiger charge is 2.30. The van der Waals surface area contributed by atoms with Crippen LogP contribution in [0.3, 0.4) is 0 Å². The molecule has 18 heavy (non-hydrogen) atoms. The number of carbonyl (C=O) groups excluding carboxylic acids is 2. The molecule has 1 atom stereocenters. The van der Waals surface area contributed by atoms with E-state index in [0.717, 1.165) is 12.8 Å². The third-order valence-electron chi connectivity index (χ3n) is 2.55. The van der Waals surface area contributed by atoms with E-state index < -0.39 is 30.6 Å². The van der Waals surface area contributed by atoms with Gasteiger partial charge >= 0.3 is 18.0 Å². The van der Waals surface area contributed by atoms with Gasteiger partial charge in [0, 0.05) is 6.54 Å². The molecule has 1 aliphatic rings. The summed E-state index contributed by atoms with van der Waals surface area (Å²) < 4.78 is 35.3. The Morgan fingerprint density at radius 1 is 1.22 bits per heavy atom. The van der Waals surface area contributed by atoms with Crippen LogP contribution in [0.4, 0.5) is 13.2 Å². The van der Waals surface area contributed by atoms with Gasteiger partial charge in [-0.1, -0.05) is 0 Å². The summed E-state index contributed by atoms with van der Waals surface area (Å²) in [4.78, 5) is 22.0. The van der Waals surface area contributed by atoms with Gasteiger partial charge in [-0.05, 0) is 25.2 Å². The monoisotopic (exact) mass is 268 g/mol. The number of aliphatic hydroxyl groups excluding tert-OH is 1. The van der Waals surface area contributed by atoms with E-state index in [1.807, 2.05) is 0 Å². The number of hydrogen-bond acceptors (Lipinski definition) is 3. The van der Waals surface area contributed by atoms with Crippen molar-refractivity contribution in [2.24, 2.45) is 5.92 Å². The SMILES string of the molecule is O=C(NCC[C@@H](O)C1CC1)C(=O)NCC(F)(F)F. The molecule has 2 amide bonds. The minimum atomic E-state index is -4.54.